The molecule has 0 heterocycles. The van der Waals surface area contributed by atoms with Crippen molar-refractivity contribution in [2.45, 2.75) is 0 Å². The molecule has 0 amide bonds. The van der Waals surface area contributed by atoms with E-state index in [9.17, 15) is 0 Å². The summed E-state index contributed by atoms with van der Waals surface area (Å²) in [6, 6.07) is 0. The number of hydrogen-bond acceptors (Lipinski definition) is 0. The van der Waals surface area contributed by atoms with Crippen LogP contribution in [0.15, 0.2) is 0 Å². The van der Waals surface area contributed by atoms with Gasteiger partial charge in [0.1, 0.15) is 0 Å². The van der Waals surface area contributed by atoms with E-state index in [4.69, 9.17) is 0 Å². The average Bonchev–Trinajstić information content (AvgIpc) is 0.918. The topological polar surface area (TPSA) is 0 Å². The van der Waals surface area contributed by atoms with Crippen molar-refractivity contribution < 1.29 is 0 Å². The van der Waals surface area contributed by atoms with Crippen LogP contribution in [0.3, 0.4) is 0 Å². The van der Waals surface area contributed by atoms with Crippen molar-refractivity contribution in [2.24, 2.45) is 0 Å². The van der Waals surface area contributed by atoms with Crippen LogP contribution in [0.2, 0.25) is 0 Å². The molecule has 0 N–H and O–H groups in total. The van der Waals surface area contributed by atoms with Crippen LogP contribution in [0.1, 0.15) is 0 Å². The molecule has 0 aliphatic carbocycles. The normalized spacial score (nSPS) is 2.75. The van der Waals surface area contributed by atoms with Crippen molar-refractivity contribution in [1.82, 2.24) is 0 Å². The van der Waals surface area contributed by atoms with Gasteiger partial charge >= 0.3 is 0 Å². The van der Waals surface area contributed by atoms with Gasteiger partial charge in [0.25, 0.3) is 0 Å². The predicted octanol–water partition coefficient (Wildman–Crippen LogP) is -1.44. The van der Waals surface area contributed by atoms with Crippen LogP contribution in [0.5, 0.6) is 0 Å². The maximum Gasteiger partial charge on any atom is 0.0902 e. The Morgan fingerprint density at radius 1 is 1.75 bits per heavy atom. The van der Waals surface area contributed by atoms with Crippen molar-refractivity contribution in [2.75, 3.05) is 0 Å². The summed E-state index contributed by atoms with van der Waals surface area (Å²) >= 11 is 0. The minimum Gasteiger partial charge on any atom is -0.147 e. The molecule has 0 fully saturated rings. The van der Waals surface area contributed by atoms with Gasteiger partial charge in [0.15, 0.2) is 0 Å². The van der Waals surface area contributed by atoms with Gasteiger partial charge in [0.2, 0.25) is 0 Å². The fraction of sp³-hybridized carbons (Fsp3) is 0. The van der Waals surface area contributed by atoms with E-state index in [1.165, 1.54) is 0 Å². The molecule has 2 heteroatoms. The van der Waals surface area contributed by atoms with Crippen LogP contribution in [0.4, 0.5) is 0 Å². The zero-order valence-electron chi connectivity index (χ0n) is 3.08. The third-order valence-corrected chi connectivity index (χ3v) is 0. The largest absolute Gasteiger partial charge is 0.147 e. The van der Waals surface area contributed by atoms with Gasteiger partial charge in [-0.25, -0.2) is 0 Å². The first-order valence-corrected chi connectivity index (χ1v) is 1.79. The summed E-state index contributed by atoms with van der Waals surface area (Å²) in [5.41, 5.74) is 2.39. The Balaban J connectivity index is 0. The van der Waals surface area contributed by atoms with Gasteiger partial charge in [-0.2, -0.15) is 0 Å². The fourth-order valence-corrected chi connectivity index (χ4v) is 0. The molecular formula is C2H4LiSi. The summed E-state index contributed by atoms with van der Waals surface area (Å²) in [4.78, 5) is 0. The Morgan fingerprint density at radius 2 is 1.75 bits per heavy atom. The van der Waals surface area contributed by atoms with Crippen LogP contribution >= 0.6 is 0 Å². The first kappa shape index (κ1) is 8.83. The summed E-state index contributed by atoms with van der Waals surface area (Å²) < 4.78 is 0. The first-order valence-electron chi connectivity index (χ1n) is 0.789. The monoisotopic (exact) mass is 63.0 g/mol. The molecule has 17 valence electrons. The van der Waals surface area contributed by atoms with Crippen LogP contribution in [0.25, 0.3) is 0 Å². The quantitative estimate of drug-likeness (QED) is 0.239. The molecular weight excluding hydrogens is 59.0 g/mol. The second kappa shape index (κ2) is 10.1. The Hall–Kier alpha value is 0.374. The van der Waals surface area contributed by atoms with E-state index >= 15 is 0 Å². The van der Waals surface area contributed by atoms with Crippen molar-refractivity contribution in [3.8, 4) is 12.0 Å². The zero-order chi connectivity index (χ0) is 2.71. The second-order valence-corrected chi connectivity index (χ2v) is 0.866. The standard InChI is InChI=1S/C2H4Si.Li/c1-2-3;/h1H,3H3;. The molecule has 0 unspecified atom stereocenters. The van der Waals surface area contributed by atoms with Gasteiger partial charge in [0.05, 0.1) is 10.2 Å². The van der Waals surface area contributed by atoms with Gasteiger partial charge in [-0.3, -0.25) is 0 Å². The van der Waals surface area contributed by atoms with Crippen LogP contribution < -0.4 is 0 Å². The zero-order valence-corrected chi connectivity index (χ0v) is 5.08. The molecule has 0 aromatic heterocycles. The summed E-state index contributed by atoms with van der Waals surface area (Å²) in [6.07, 6.45) is 4.66. The van der Waals surface area contributed by atoms with E-state index in [0.29, 0.717) is 0 Å². The van der Waals surface area contributed by atoms with Crippen molar-refractivity contribution >= 4 is 29.1 Å². The molecule has 0 aromatic rings. The smallest absolute Gasteiger partial charge is 0.0902 e. The fourth-order valence-electron chi connectivity index (χ4n) is 0. The number of terminal acetylenes is 1. The average molecular weight is 63.1 g/mol. The van der Waals surface area contributed by atoms with E-state index in [1.54, 1.807) is 0 Å². The maximum atomic E-state index is 4.66. The minimum atomic E-state index is 0. The molecule has 0 aliphatic heterocycles. The summed E-state index contributed by atoms with van der Waals surface area (Å²) in [6.45, 7) is 0. The van der Waals surface area contributed by atoms with Crippen molar-refractivity contribution in [3.05, 3.63) is 0 Å². The number of rotatable bonds is 0. The van der Waals surface area contributed by atoms with Crippen molar-refractivity contribution in [3.63, 3.8) is 0 Å². The van der Waals surface area contributed by atoms with Gasteiger partial charge < -0.3 is 0 Å². The minimum absolute atomic E-state index is 0. The predicted molar refractivity (Wildman–Crippen MR) is 24.5 cm³/mol. The molecule has 0 nitrogen and oxygen atoms in total. The Bertz CT molecular complexity index is 27.5. The van der Waals surface area contributed by atoms with Gasteiger partial charge in [0, 0.05) is 18.9 Å². The molecule has 0 saturated heterocycles. The second-order valence-electron chi connectivity index (χ2n) is 0.289. The first-order chi connectivity index (χ1) is 1.41. The van der Waals surface area contributed by atoms with Gasteiger partial charge in [-0.15, -0.1) is 12.0 Å². The summed E-state index contributed by atoms with van der Waals surface area (Å²) in [7, 11) is 0.897. The van der Waals surface area contributed by atoms with E-state index in [0.717, 1.165) is 10.2 Å². The van der Waals surface area contributed by atoms with Crippen LogP contribution in [-0.2, 0) is 0 Å². The van der Waals surface area contributed by atoms with Crippen molar-refractivity contribution in [1.29, 1.82) is 0 Å². The Morgan fingerprint density at radius 3 is 1.75 bits per heavy atom. The molecule has 0 saturated carbocycles. The Labute approximate surface area is 41.6 Å². The molecule has 4 heavy (non-hydrogen) atoms. The summed E-state index contributed by atoms with van der Waals surface area (Å²) in [5, 5.41) is 0. The molecule has 0 aliphatic rings. The molecule has 0 aromatic carbocycles. The SMILES string of the molecule is C#C[SiH3].[Li]. The van der Waals surface area contributed by atoms with Crippen LogP contribution in [0, 0.1) is 12.0 Å². The van der Waals surface area contributed by atoms with E-state index in [-0.39, 0.29) is 18.9 Å². The molecule has 0 bridgehead atoms. The van der Waals surface area contributed by atoms with Gasteiger partial charge in [-0.1, -0.05) is 0 Å². The maximum absolute atomic E-state index is 4.66. The van der Waals surface area contributed by atoms with E-state index < -0.39 is 0 Å². The molecule has 0 spiro atoms. The third-order valence-electron chi connectivity index (χ3n) is 0. The van der Waals surface area contributed by atoms with Crippen LogP contribution in [-0.4, -0.2) is 29.1 Å². The summed E-state index contributed by atoms with van der Waals surface area (Å²) in [5.74, 6) is 0. The van der Waals surface area contributed by atoms with Gasteiger partial charge in [-0.05, 0) is 0 Å². The van der Waals surface area contributed by atoms with E-state index in [2.05, 4.69) is 12.0 Å². The molecule has 1 radical (unpaired) electrons. The van der Waals surface area contributed by atoms with E-state index in [1.807, 2.05) is 0 Å². The molecule has 0 atom stereocenters. The number of hydrogen-bond donors (Lipinski definition) is 0. The third kappa shape index (κ3) is 32.0. The Kier molecular flexibility index (Phi) is 22.2. The molecule has 0 rings (SSSR count).